The number of hydrogen-bond donors (Lipinski definition) is 2. The van der Waals surface area contributed by atoms with Gasteiger partial charge in [0.05, 0.1) is 13.2 Å². The van der Waals surface area contributed by atoms with Crippen molar-refractivity contribution in [2.24, 2.45) is 5.92 Å². The van der Waals surface area contributed by atoms with Crippen LogP contribution in [0.3, 0.4) is 0 Å². The first-order chi connectivity index (χ1) is 14.5. The minimum absolute atomic E-state index is 0.235. The van der Waals surface area contributed by atoms with E-state index in [2.05, 4.69) is 31.4 Å². The number of ether oxygens (including phenoxy) is 2. The van der Waals surface area contributed by atoms with Crippen molar-refractivity contribution < 1.29 is 14.3 Å². The molecule has 0 aromatic heterocycles. The highest BCUT2D eigenvalue weighted by molar-refractivity contribution is 7.80. The van der Waals surface area contributed by atoms with Crippen LogP contribution in [0.15, 0.2) is 48.5 Å². The van der Waals surface area contributed by atoms with Crippen LogP contribution < -0.4 is 20.1 Å². The summed E-state index contributed by atoms with van der Waals surface area (Å²) in [6.45, 7) is 7.84. The third-order valence-electron chi connectivity index (χ3n) is 4.42. The van der Waals surface area contributed by atoms with Crippen molar-refractivity contribution in [2.75, 3.05) is 18.5 Å². The van der Waals surface area contributed by atoms with Crippen LogP contribution >= 0.6 is 12.2 Å². The number of carbonyl (C=O) groups is 1. The molecule has 0 aliphatic heterocycles. The normalized spacial score (nSPS) is 10.5. The molecule has 2 N–H and O–H groups in total. The number of unbranched alkanes of at least 4 members (excludes halogenated alkanes) is 2. The lowest BCUT2D eigenvalue weighted by molar-refractivity contribution is 0.0977. The molecule has 0 heterocycles. The van der Waals surface area contributed by atoms with Gasteiger partial charge in [0.2, 0.25) is 0 Å². The van der Waals surface area contributed by atoms with Crippen LogP contribution in [0.5, 0.6) is 11.5 Å². The maximum atomic E-state index is 12.4. The summed E-state index contributed by atoms with van der Waals surface area (Å²) >= 11 is 5.28. The highest BCUT2D eigenvalue weighted by Crippen LogP contribution is 2.18. The summed E-state index contributed by atoms with van der Waals surface area (Å²) in [4.78, 5) is 12.4. The Morgan fingerprint density at radius 3 is 2.43 bits per heavy atom. The average molecular weight is 429 g/mol. The number of benzene rings is 2. The second-order valence-electron chi connectivity index (χ2n) is 7.55. The minimum Gasteiger partial charge on any atom is -0.494 e. The van der Waals surface area contributed by atoms with Crippen LogP contribution in [0, 0.1) is 5.92 Å². The van der Waals surface area contributed by atoms with Crippen molar-refractivity contribution in [3.63, 3.8) is 0 Å². The Hall–Kier alpha value is -2.60. The number of hydrogen-bond acceptors (Lipinski definition) is 4. The van der Waals surface area contributed by atoms with Gasteiger partial charge in [-0.3, -0.25) is 10.1 Å². The van der Waals surface area contributed by atoms with Gasteiger partial charge in [-0.15, -0.1) is 0 Å². The maximum absolute atomic E-state index is 12.4. The van der Waals surface area contributed by atoms with Gasteiger partial charge in [0.25, 0.3) is 5.91 Å². The van der Waals surface area contributed by atoms with E-state index in [1.54, 1.807) is 24.3 Å². The van der Waals surface area contributed by atoms with Crippen LogP contribution in [0.1, 0.15) is 56.8 Å². The first kappa shape index (κ1) is 23.7. The van der Waals surface area contributed by atoms with E-state index >= 15 is 0 Å². The fraction of sp³-hybridized carbons (Fsp3) is 0.417. The second kappa shape index (κ2) is 12.9. The van der Waals surface area contributed by atoms with Crippen molar-refractivity contribution in [1.29, 1.82) is 0 Å². The highest BCUT2D eigenvalue weighted by Gasteiger charge is 2.09. The summed E-state index contributed by atoms with van der Waals surface area (Å²) in [5, 5.41) is 5.96. The average Bonchev–Trinajstić information content (AvgIpc) is 2.71. The molecule has 0 aliphatic rings. The topological polar surface area (TPSA) is 59.6 Å². The number of nitrogens with one attached hydrogen (secondary N) is 2. The van der Waals surface area contributed by atoms with E-state index < -0.39 is 0 Å². The Morgan fingerprint density at radius 1 is 1.00 bits per heavy atom. The van der Waals surface area contributed by atoms with E-state index in [0.717, 1.165) is 42.9 Å². The molecular weight excluding hydrogens is 396 g/mol. The summed E-state index contributed by atoms with van der Waals surface area (Å²) in [5.41, 5.74) is 1.28. The summed E-state index contributed by atoms with van der Waals surface area (Å²) in [5.74, 6) is 1.85. The fourth-order valence-corrected chi connectivity index (χ4v) is 2.87. The fourth-order valence-electron chi connectivity index (χ4n) is 2.66. The van der Waals surface area contributed by atoms with E-state index in [0.29, 0.717) is 24.7 Å². The molecule has 0 saturated heterocycles. The largest absolute Gasteiger partial charge is 0.494 e. The SMILES string of the molecule is CCCCCOc1ccc(C(=O)NC(=S)Nc2cccc(OCCC(C)C)c2)cc1. The van der Waals surface area contributed by atoms with Crippen molar-refractivity contribution >= 4 is 28.9 Å². The van der Waals surface area contributed by atoms with E-state index in [9.17, 15) is 4.79 Å². The quantitative estimate of drug-likeness (QED) is 0.349. The Labute approximate surface area is 185 Å². The molecule has 6 heteroatoms. The van der Waals surface area contributed by atoms with Crippen LogP contribution in [0.2, 0.25) is 0 Å². The zero-order valence-electron chi connectivity index (χ0n) is 18.1. The highest BCUT2D eigenvalue weighted by atomic mass is 32.1. The lowest BCUT2D eigenvalue weighted by Gasteiger charge is -2.12. The smallest absolute Gasteiger partial charge is 0.257 e. The van der Waals surface area contributed by atoms with E-state index in [1.165, 1.54) is 0 Å². The third-order valence-corrected chi connectivity index (χ3v) is 4.62. The van der Waals surface area contributed by atoms with Crippen LogP contribution in [0.4, 0.5) is 5.69 Å². The molecule has 0 bridgehead atoms. The van der Waals surface area contributed by atoms with E-state index in [1.807, 2.05) is 24.3 Å². The van der Waals surface area contributed by atoms with Gasteiger partial charge in [-0.05, 0) is 67.4 Å². The zero-order valence-corrected chi connectivity index (χ0v) is 18.9. The predicted molar refractivity (Wildman–Crippen MR) is 127 cm³/mol. The first-order valence-electron chi connectivity index (χ1n) is 10.6. The van der Waals surface area contributed by atoms with Crippen LogP contribution in [0.25, 0.3) is 0 Å². The number of anilines is 1. The molecule has 2 aromatic rings. The predicted octanol–water partition coefficient (Wildman–Crippen LogP) is 5.81. The Morgan fingerprint density at radius 2 is 1.73 bits per heavy atom. The van der Waals surface area contributed by atoms with Crippen molar-refractivity contribution in [3.05, 3.63) is 54.1 Å². The molecule has 30 heavy (non-hydrogen) atoms. The third kappa shape index (κ3) is 8.82. The molecule has 0 fully saturated rings. The summed E-state index contributed by atoms with van der Waals surface area (Å²) in [6.07, 6.45) is 4.33. The van der Waals surface area contributed by atoms with Gasteiger partial charge in [0.1, 0.15) is 11.5 Å². The Kier molecular flexibility index (Phi) is 10.1. The van der Waals surface area contributed by atoms with Gasteiger partial charge in [0.15, 0.2) is 5.11 Å². The molecule has 0 spiro atoms. The molecule has 2 rings (SSSR count). The van der Waals surface area contributed by atoms with Gasteiger partial charge in [0, 0.05) is 17.3 Å². The van der Waals surface area contributed by atoms with Gasteiger partial charge < -0.3 is 14.8 Å². The van der Waals surface area contributed by atoms with Crippen LogP contribution in [-0.4, -0.2) is 24.2 Å². The molecular formula is C24H32N2O3S. The molecule has 0 saturated carbocycles. The lowest BCUT2D eigenvalue weighted by atomic mass is 10.1. The standard InChI is InChI=1S/C24H32N2O3S/c1-4-5-6-15-28-21-12-10-19(11-13-21)23(27)26-24(30)25-20-8-7-9-22(17-20)29-16-14-18(2)3/h7-13,17-18H,4-6,14-16H2,1-3H3,(H2,25,26,27,30). The Bertz CT molecular complexity index is 806. The number of amides is 1. The molecule has 1 amide bonds. The van der Waals surface area contributed by atoms with Crippen molar-refractivity contribution in [2.45, 2.75) is 46.5 Å². The molecule has 5 nitrogen and oxygen atoms in total. The number of thiocarbonyl (C=S) groups is 1. The van der Waals surface area contributed by atoms with Crippen molar-refractivity contribution in [3.8, 4) is 11.5 Å². The molecule has 0 radical (unpaired) electrons. The van der Waals surface area contributed by atoms with Gasteiger partial charge in [-0.25, -0.2) is 0 Å². The first-order valence-corrected chi connectivity index (χ1v) is 11.0. The van der Waals surface area contributed by atoms with E-state index in [-0.39, 0.29) is 11.0 Å². The lowest BCUT2D eigenvalue weighted by Crippen LogP contribution is -2.34. The number of carbonyl (C=O) groups excluding carboxylic acids is 1. The molecule has 0 unspecified atom stereocenters. The number of rotatable bonds is 11. The summed E-state index contributed by atoms with van der Waals surface area (Å²) in [6, 6.07) is 14.6. The second-order valence-corrected chi connectivity index (χ2v) is 7.96. The Balaban J connectivity index is 1.82. The monoisotopic (exact) mass is 428 g/mol. The van der Waals surface area contributed by atoms with Gasteiger partial charge in [-0.1, -0.05) is 39.7 Å². The zero-order chi connectivity index (χ0) is 21.8. The van der Waals surface area contributed by atoms with Gasteiger partial charge >= 0.3 is 0 Å². The van der Waals surface area contributed by atoms with E-state index in [4.69, 9.17) is 21.7 Å². The minimum atomic E-state index is -0.269. The molecule has 162 valence electrons. The maximum Gasteiger partial charge on any atom is 0.257 e. The molecule has 0 aliphatic carbocycles. The van der Waals surface area contributed by atoms with Gasteiger partial charge in [-0.2, -0.15) is 0 Å². The van der Waals surface area contributed by atoms with Crippen molar-refractivity contribution in [1.82, 2.24) is 5.32 Å². The summed E-state index contributed by atoms with van der Waals surface area (Å²) in [7, 11) is 0. The molecule has 0 atom stereocenters. The summed E-state index contributed by atoms with van der Waals surface area (Å²) < 4.78 is 11.4. The molecule has 2 aromatic carbocycles. The van der Waals surface area contributed by atoms with Crippen LogP contribution in [-0.2, 0) is 0 Å².